The molecule has 2 N–H and O–H groups in total. The van der Waals surface area contributed by atoms with E-state index >= 15 is 0 Å². The molecule has 0 aliphatic rings. The first kappa shape index (κ1) is 12.7. The van der Waals surface area contributed by atoms with Crippen LogP contribution in [0.4, 0.5) is 5.69 Å². The molecule has 0 aliphatic carbocycles. The molecule has 0 unspecified atom stereocenters. The molecule has 0 heterocycles. The van der Waals surface area contributed by atoms with E-state index in [9.17, 15) is 4.79 Å². The van der Waals surface area contributed by atoms with Crippen LogP contribution in [0.2, 0.25) is 0 Å². The van der Waals surface area contributed by atoms with E-state index in [0.29, 0.717) is 12.8 Å². The Bertz CT molecular complexity index is 336. The monoisotopic (exact) mass is 221 g/mol. The molecule has 3 heteroatoms. The van der Waals surface area contributed by atoms with Crippen molar-refractivity contribution in [3.05, 3.63) is 29.8 Å². The van der Waals surface area contributed by atoms with Crippen LogP contribution in [0, 0.1) is 0 Å². The molecule has 1 amide bonds. The number of carbonyl (C=O) groups excluding carboxylic acids is 1. The predicted molar refractivity (Wildman–Crippen MR) is 65.4 cm³/mol. The van der Waals surface area contributed by atoms with Crippen LogP contribution >= 0.6 is 0 Å². The fraction of sp³-hybridized carbons (Fsp3) is 0.462. The Labute approximate surface area is 96.5 Å². The van der Waals surface area contributed by atoms with Crippen LogP contribution in [0.25, 0.3) is 0 Å². The molecule has 0 aliphatic heterocycles. The van der Waals surface area contributed by atoms with Crippen molar-refractivity contribution in [1.29, 1.82) is 0 Å². The van der Waals surface area contributed by atoms with Gasteiger partial charge >= 0.3 is 0 Å². The third kappa shape index (κ3) is 4.03. The summed E-state index contributed by atoms with van der Waals surface area (Å²) in [6.07, 6.45) is 3.06. The number of aliphatic hydroxyl groups is 1. The molecule has 3 nitrogen and oxygen atoms in total. The lowest BCUT2D eigenvalue weighted by Gasteiger charge is -2.09. The highest BCUT2D eigenvalue weighted by atomic mass is 16.3. The summed E-state index contributed by atoms with van der Waals surface area (Å²) in [7, 11) is 0. The topological polar surface area (TPSA) is 49.3 Å². The van der Waals surface area contributed by atoms with Crippen molar-refractivity contribution in [3.63, 3.8) is 0 Å². The first-order valence-electron chi connectivity index (χ1n) is 5.76. The van der Waals surface area contributed by atoms with Crippen LogP contribution in [-0.2, 0) is 11.2 Å². The zero-order chi connectivity index (χ0) is 11.8. The highest BCUT2D eigenvalue weighted by Crippen LogP contribution is 2.15. The third-order valence-electron chi connectivity index (χ3n) is 2.43. The minimum atomic E-state index is 0.0484. The number of nitrogens with one attached hydrogen (secondary N) is 1. The molecule has 0 bridgehead atoms. The summed E-state index contributed by atoms with van der Waals surface area (Å²) in [4.78, 5) is 11.6. The third-order valence-corrected chi connectivity index (χ3v) is 2.43. The fourth-order valence-electron chi connectivity index (χ4n) is 1.53. The maximum atomic E-state index is 11.6. The first-order valence-corrected chi connectivity index (χ1v) is 5.76. The normalized spacial score (nSPS) is 10.1. The number of aliphatic hydroxyl groups excluding tert-OH is 1. The van der Waals surface area contributed by atoms with Crippen molar-refractivity contribution in [2.75, 3.05) is 11.9 Å². The molecule has 0 radical (unpaired) electrons. The van der Waals surface area contributed by atoms with E-state index in [1.807, 2.05) is 24.3 Å². The number of para-hydroxylation sites is 1. The van der Waals surface area contributed by atoms with Gasteiger partial charge in [-0.1, -0.05) is 31.5 Å². The summed E-state index contributed by atoms with van der Waals surface area (Å²) in [6, 6.07) is 7.59. The molecule has 0 fully saturated rings. The number of benzene rings is 1. The zero-order valence-corrected chi connectivity index (χ0v) is 9.70. The number of unbranched alkanes of at least 4 members (excludes halogenated alkanes) is 1. The van der Waals surface area contributed by atoms with Gasteiger partial charge in [0.25, 0.3) is 0 Å². The van der Waals surface area contributed by atoms with Gasteiger partial charge in [0.2, 0.25) is 5.91 Å². The lowest BCUT2D eigenvalue weighted by molar-refractivity contribution is -0.116. The molecule has 16 heavy (non-hydrogen) atoms. The number of carbonyl (C=O) groups is 1. The molecule has 1 aromatic rings. The van der Waals surface area contributed by atoms with Crippen LogP contribution in [0.3, 0.4) is 0 Å². The standard InChI is InChI=1S/C13H19NO2/c1-2-3-8-13(16)14-12-7-5-4-6-11(12)9-10-15/h4-7,15H,2-3,8-10H2,1H3,(H,14,16). The molecular weight excluding hydrogens is 202 g/mol. The van der Waals surface area contributed by atoms with Gasteiger partial charge in [-0.3, -0.25) is 4.79 Å². The Morgan fingerprint density at radius 1 is 1.38 bits per heavy atom. The number of hydrogen-bond acceptors (Lipinski definition) is 2. The molecule has 0 aromatic heterocycles. The fourth-order valence-corrected chi connectivity index (χ4v) is 1.53. The number of hydrogen-bond donors (Lipinski definition) is 2. The van der Waals surface area contributed by atoms with Gasteiger partial charge in [-0.2, -0.15) is 0 Å². The second kappa shape index (κ2) is 7.01. The van der Waals surface area contributed by atoms with Crippen molar-refractivity contribution in [2.24, 2.45) is 0 Å². The maximum Gasteiger partial charge on any atom is 0.224 e. The quantitative estimate of drug-likeness (QED) is 0.774. The van der Waals surface area contributed by atoms with Crippen LogP contribution in [0.15, 0.2) is 24.3 Å². The van der Waals surface area contributed by atoms with Gasteiger partial charge in [-0.05, 0) is 24.5 Å². The van der Waals surface area contributed by atoms with E-state index in [0.717, 1.165) is 24.1 Å². The van der Waals surface area contributed by atoms with E-state index in [2.05, 4.69) is 12.2 Å². The van der Waals surface area contributed by atoms with Crippen molar-refractivity contribution in [2.45, 2.75) is 32.6 Å². The Hall–Kier alpha value is -1.35. The SMILES string of the molecule is CCCCC(=O)Nc1ccccc1CCO. The molecule has 0 saturated carbocycles. The molecule has 88 valence electrons. The van der Waals surface area contributed by atoms with Crippen molar-refractivity contribution in [1.82, 2.24) is 0 Å². The van der Waals surface area contributed by atoms with Crippen LogP contribution < -0.4 is 5.32 Å². The average molecular weight is 221 g/mol. The summed E-state index contributed by atoms with van der Waals surface area (Å²) in [5, 5.41) is 11.8. The molecule has 1 aromatic carbocycles. The molecular formula is C13H19NO2. The second-order valence-electron chi connectivity index (χ2n) is 3.78. The van der Waals surface area contributed by atoms with Crippen molar-refractivity contribution in [3.8, 4) is 0 Å². The van der Waals surface area contributed by atoms with Gasteiger partial charge in [-0.25, -0.2) is 0 Å². The number of amides is 1. The number of anilines is 1. The van der Waals surface area contributed by atoms with Gasteiger partial charge in [-0.15, -0.1) is 0 Å². The van der Waals surface area contributed by atoms with Crippen LogP contribution in [-0.4, -0.2) is 17.6 Å². The smallest absolute Gasteiger partial charge is 0.224 e. The molecule has 1 rings (SSSR count). The summed E-state index contributed by atoms with van der Waals surface area (Å²) >= 11 is 0. The van der Waals surface area contributed by atoms with E-state index in [4.69, 9.17) is 5.11 Å². The molecule has 0 saturated heterocycles. The predicted octanol–water partition coefficient (Wildman–Crippen LogP) is 2.35. The van der Waals surface area contributed by atoms with Crippen LogP contribution in [0.1, 0.15) is 31.7 Å². The first-order chi connectivity index (χ1) is 7.77. The van der Waals surface area contributed by atoms with Crippen molar-refractivity contribution < 1.29 is 9.90 Å². The van der Waals surface area contributed by atoms with Crippen LogP contribution in [0.5, 0.6) is 0 Å². The number of rotatable bonds is 6. The van der Waals surface area contributed by atoms with E-state index in [1.165, 1.54) is 0 Å². The summed E-state index contributed by atoms with van der Waals surface area (Å²) in [5.74, 6) is 0.0484. The average Bonchev–Trinajstić information content (AvgIpc) is 2.29. The Morgan fingerprint density at radius 3 is 2.81 bits per heavy atom. The minimum Gasteiger partial charge on any atom is -0.396 e. The molecule has 0 spiro atoms. The Balaban J connectivity index is 2.61. The second-order valence-corrected chi connectivity index (χ2v) is 3.78. The van der Waals surface area contributed by atoms with E-state index < -0.39 is 0 Å². The minimum absolute atomic E-state index is 0.0484. The van der Waals surface area contributed by atoms with Gasteiger partial charge < -0.3 is 10.4 Å². The largest absolute Gasteiger partial charge is 0.396 e. The summed E-state index contributed by atoms with van der Waals surface area (Å²) < 4.78 is 0. The van der Waals surface area contributed by atoms with Gasteiger partial charge in [0.1, 0.15) is 0 Å². The Morgan fingerprint density at radius 2 is 2.12 bits per heavy atom. The lowest BCUT2D eigenvalue weighted by atomic mass is 10.1. The van der Waals surface area contributed by atoms with E-state index in [-0.39, 0.29) is 12.5 Å². The lowest BCUT2D eigenvalue weighted by Crippen LogP contribution is -2.12. The zero-order valence-electron chi connectivity index (χ0n) is 9.70. The van der Waals surface area contributed by atoms with Gasteiger partial charge in [0.15, 0.2) is 0 Å². The van der Waals surface area contributed by atoms with E-state index in [1.54, 1.807) is 0 Å². The van der Waals surface area contributed by atoms with Gasteiger partial charge in [0, 0.05) is 18.7 Å². The Kier molecular flexibility index (Phi) is 5.57. The molecule has 0 atom stereocenters. The highest BCUT2D eigenvalue weighted by molar-refractivity contribution is 5.91. The van der Waals surface area contributed by atoms with Crippen molar-refractivity contribution >= 4 is 11.6 Å². The highest BCUT2D eigenvalue weighted by Gasteiger charge is 2.05. The van der Waals surface area contributed by atoms with Gasteiger partial charge in [0.05, 0.1) is 0 Å². The summed E-state index contributed by atoms with van der Waals surface area (Å²) in [5.41, 5.74) is 1.80. The summed E-state index contributed by atoms with van der Waals surface area (Å²) in [6.45, 7) is 2.16. The maximum absolute atomic E-state index is 11.6.